The Balaban J connectivity index is 1.49. The fourth-order valence-electron chi connectivity index (χ4n) is 3.13. The highest BCUT2D eigenvalue weighted by molar-refractivity contribution is 7.09. The molecule has 1 N–H and O–H groups in total. The minimum atomic E-state index is -0.736. The van der Waals surface area contributed by atoms with Gasteiger partial charge in [0, 0.05) is 28.8 Å². The Hall–Kier alpha value is -3.92. The molecule has 0 aliphatic carbocycles. The predicted octanol–water partition coefficient (Wildman–Crippen LogP) is 3.26. The maximum atomic E-state index is 12.5. The molecule has 2 heterocycles. The third-order valence-electron chi connectivity index (χ3n) is 4.53. The van der Waals surface area contributed by atoms with Crippen LogP contribution in [0.2, 0.25) is 0 Å². The summed E-state index contributed by atoms with van der Waals surface area (Å²) < 4.78 is 0. The van der Waals surface area contributed by atoms with Gasteiger partial charge in [-0.15, -0.1) is 11.3 Å². The van der Waals surface area contributed by atoms with E-state index in [1.165, 1.54) is 17.4 Å². The van der Waals surface area contributed by atoms with Gasteiger partial charge in [0.2, 0.25) is 5.91 Å². The summed E-state index contributed by atoms with van der Waals surface area (Å²) >= 11 is 1.52. The summed E-state index contributed by atoms with van der Waals surface area (Å²) in [6.45, 7) is 1.40. The highest BCUT2D eigenvalue weighted by Crippen LogP contribution is 2.27. The van der Waals surface area contributed by atoms with Gasteiger partial charge in [-0.3, -0.25) is 29.4 Å². The first-order valence-corrected chi connectivity index (χ1v) is 9.68. The van der Waals surface area contributed by atoms with Gasteiger partial charge in [0.15, 0.2) is 0 Å². The molecule has 0 atom stereocenters. The highest BCUT2D eigenvalue weighted by atomic mass is 32.1. The molecule has 0 unspecified atom stereocenters. The maximum absolute atomic E-state index is 12.5. The number of nitrogens with zero attached hydrogens (tertiary/aromatic N) is 3. The number of anilines is 1. The summed E-state index contributed by atoms with van der Waals surface area (Å²) in [5.74, 6) is -1.96. The Labute approximate surface area is 174 Å². The number of aromatic nitrogens is 1. The number of aryl methyl sites for hydroxylation is 1. The molecule has 0 saturated heterocycles. The van der Waals surface area contributed by atoms with Crippen LogP contribution in [0, 0.1) is 17.0 Å². The predicted molar refractivity (Wildman–Crippen MR) is 109 cm³/mol. The fraction of sp³-hybridized carbons (Fsp3) is 0.100. The summed E-state index contributed by atoms with van der Waals surface area (Å²) in [7, 11) is 0. The standard InChI is InChI=1S/C20H14N4O5S/c1-11-21-17(10-30-11)12-3-2-4-13(7-12)22-18(25)9-23-19(26)15-6-5-14(24(28)29)8-16(15)20(23)27/h2-8,10H,9H2,1H3,(H,22,25). The molecule has 3 aromatic rings. The van der Waals surface area contributed by atoms with E-state index in [0.717, 1.165) is 33.3 Å². The quantitative estimate of drug-likeness (QED) is 0.382. The number of amides is 3. The van der Waals surface area contributed by atoms with Crippen LogP contribution < -0.4 is 5.32 Å². The van der Waals surface area contributed by atoms with Crippen LogP contribution in [0.25, 0.3) is 11.3 Å². The lowest BCUT2D eigenvalue weighted by Crippen LogP contribution is -2.37. The van der Waals surface area contributed by atoms with Gasteiger partial charge >= 0.3 is 0 Å². The van der Waals surface area contributed by atoms with E-state index in [4.69, 9.17) is 0 Å². The Kier molecular flexibility index (Phi) is 4.84. The highest BCUT2D eigenvalue weighted by Gasteiger charge is 2.37. The van der Waals surface area contributed by atoms with Crippen molar-refractivity contribution >= 4 is 40.4 Å². The summed E-state index contributed by atoms with van der Waals surface area (Å²) in [5, 5.41) is 16.4. The van der Waals surface area contributed by atoms with E-state index in [9.17, 15) is 24.5 Å². The Morgan fingerprint density at radius 3 is 2.63 bits per heavy atom. The van der Waals surface area contributed by atoms with Crippen LogP contribution in [0.5, 0.6) is 0 Å². The van der Waals surface area contributed by atoms with Crippen LogP contribution in [0.4, 0.5) is 11.4 Å². The van der Waals surface area contributed by atoms with Gasteiger partial charge < -0.3 is 5.32 Å². The first kappa shape index (κ1) is 19.4. The molecule has 150 valence electrons. The zero-order valence-electron chi connectivity index (χ0n) is 15.6. The lowest BCUT2D eigenvalue weighted by molar-refractivity contribution is -0.384. The van der Waals surface area contributed by atoms with E-state index in [0.29, 0.717) is 5.69 Å². The topological polar surface area (TPSA) is 123 Å². The monoisotopic (exact) mass is 422 g/mol. The van der Waals surface area contributed by atoms with E-state index in [1.54, 1.807) is 18.2 Å². The number of hydrogen-bond acceptors (Lipinski definition) is 7. The summed E-state index contributed by atoms with van der Waals surface area (Å²) in [6.07, 6.45) is 0. The maximum Gasteiger partial charge on any atom is 0.270 e. The van der Waals surface area contributed by atoms with E-state index >= 15 is 0 Å². The Morgan fingerprint density at radius 1 is 1.17 bits per heavy atom. The normalized spacial score (nSPS) is 12.8. The molecule has 4 rings (SSSR count). The minimum Gasteiger partial charge on any atom is -0.325 e. The molecule has 30 heavy (non-hydrogen) atoms. The first-order chi connectivity index (χ1) is 14.3. The van der Waals surface area contributed by atoms with Crippen LogP contribution >= 0.6 is 11.3 Å². The molecule has 9 nitrogen and oxygen atoms in total. The van der Waals surface area contributed by atoms with Crippen molar-refractivity contribution in [2.24, 2.45) is 0 Å². The van der Waals surface area contributed by atoms with Crippen molar-refractivity contribution in [1.82, 2.24) is 9.88 Å². The molecule has 1 aromatic heterocycles. The number of carbonyl (C=O) groups is 3. The first-order valence-electron chi connectivity index (χ1n) is 8.80. The van der Waals surface area contributed by atoms with Crippen molar-refractivity contribution in [2.45, 2.75) is 6.92 Å². The molecule has 0 radical (unpaired) electrons. The summed E-state index contributed by atoms with van der Waals surface area (Å²) in [5.41, 5.74) is 1.77. The second-order valence-corrected chi connectivity index (χ2v) is 7.63. The third kappa shape index (κ3) is 3.55. The van der Waals surface area contributed by atoms with Gasteiger partial charge in [0.05, 0.1) is 26.8 Å². The molecule has 0 spiro atoms. The number of nitrogens with one attached hydrogen (secondary N) is 1. The Morgan fingerprint density at radius 2 is 1.93 bits per heavy atom. The number of imide groups is 1. The van der Waals surface area contributed by atoms with E-state index in [1.807, 2.05) is 18.4 Å². The van der Waals surface area contributed by atoms with Crippen molar-refractivity contribution in [3.63, 3.8) is 0 Å². The summed E-state index contributed by atoms with van der Waals surface area (Å²) in [6, 6.07) is 10.5. The van der Waals surface area contributed by atoms with Crippen molar-refractivity contribution in [3.05, 3.63) is 74.1 Å². The number of non-ortho nitro benzene ring substituents is 1. The zero-order chi connectivity index (χ0) is 21.4. The number of nitro groups is 1. The Bertz CT molecular complexity index is 1220. The van der Waals surface area contributed by atoms with Gasteiger partial charge in [-0.05, 0) is 25.1 Å². The average Bonchev–Trinajstić information content (AvgIpc) is 3.25. The lowest BCUT2D eigenvalue weighted by Gasteiger charge is -2.14. The van der Waals surface area contributed by atoms with E-state index < -0.39 is 29.2 Å². The summed E-state index contributed by atoms with van der Waals surface area (Å²) in [4.78, 5) is 52.9. The zero-order valence-corrected chi connectivity index (χ0v) is 16.4. The van der Waals surface area contributed by atoms with E-state index in [-0.39, 0.29) is 16.8 Å². The number of carbonyl (C=O) groups excluding carboxylic acids is 3. The third-order valence-corrected chi connectivity index (χ3v) is 5.30. The minimum absolute atomic E-state index is 0.0410. The SMILES string of the molecule is Cc1nc(-c2cccc(NC(=O)CN3C(=O)c4ccc([N+](=O)[O-])cc4C3=O)c2)cs1. The van der Waals surface area contributed by atoms with Crippen LogP contribution in [-0.4, -0.2) is 39.1 Å². The van der Waals surface area contributed by atoms with Crippen LogP contribution in [0.3, 0.4) is 0 Å². The van der Waals surface area contributed by atoms with Gasteiger partial charge in [0.1, 0.15) is 6.54 Å². The number of nitro benzene ring substituents is 1. The van der Waals surface area contributed by atoms with E-state index in [2.05, 4.69) is 10.3 Å². The van der Waals surface area contributed by atoms with Crippen molar-refractivity contribution in [3.8, 4) is 11.3 Å². The molecule has 1 aliphatic heterocycles. The van der Waals surface area contributed by atoms with Crippen LogP contribution in [0.1, 0.15) is 25.7 Å². The number of fused-ring (bicyclic) bond motifs is 1. The largest absolute Gasteiger partial charge is 0.325 e. The number of hydrogen-bond donors (Lipinski definition) is 1. The molecule has 1 aliphatic rings. The molecule has 0 bridgehead atoms. The lowest BCUT2D eigenvalue weighted by atomic mass is 10.1. The fourth-order valence-corrected chi connectivity index (χ4v) is 3.75. The molecule has 3 amide bonds. The number of rotatable bonds is 5. The second kappa shape index (κ2) is 7.48. The van der Waals surface area contributed by atoms with Crippen LogP contribution in [-0.2, 0) is 4.79 Å². The van der Waals surface area contributed by atoms with Crippen molar-refractivity contribution in [2.75, 3.05) is 11.9 Å². The smallest absolute Gasteiger partial charge is 0.270 e. The number of thiazole rings is 1. The molecule has 10 heteroatoms. The average molecular weight is 422 g/mol. The van der Waals surface area contributed by atoms with Gasteiger partial charge in [-0.2, -0.15) is 0 Å². The second-order valence-electron chi connectivity index (χ2n) is 6.56. The molecule has 0 saturated carbocycles. The van der Waals surface area contributed by atoms with Gasteiger partial charge in [-0.1, -0.05) is 12.1 Å². The van der Waals surface area contributed by atoms with Gasteiger partial charge in [-0.25, -0.2) is 4.98 Å². The molecule has 2 aromatic carbocycles. The van der Waals surface area contributed by atoms with Crippen molar-refractivity contribution < 1.29 is 19.3 Å². The van der Waals surface area contributed by atoms with Gasteiger partial charge in [0.25, 0.3) is 17.5 Å². The van der Waals surface area contributed by atoms with Crippen LogP contribution in [0.15, 0.2) is 47.8 Å². The number of benzene rings is 2. The molecular weight excluding hydrogens is 408 g/mol. The molecular formula is C20H14N4O5S. The molecule has 0 fully saturated rings. The van der Waals surface area contributed by atoms with Crippen molar-refractivity contribution in [1.29, 1.82) is 0 Å².